The molecule has 1 saturated carbocycles. The van der Waals surface area contributed by atoms with Gasteiger partial charge in [-0.15, -0.1) is 0 Å². The summed E-state index contributed by atoms with van der Waals surface area (Å²) < 4.78 is 6.46. The molecule has 0 spiro atoms. The first-order valence-corrected chi connectivity index (χ1v) is 7.04. The lowest BCUT2D eigenvalue weighted by atomic mass is 9.89. The topological polar surface area (TPSA) is 21.3 Å². The van der Waals surface area contributed by atoms with E-state index in [1.54, 1.807) is 7.11 Å². The van der Waals surface area contributed by atoms with Gasteiger partial charge < -0.3 is 10.1 Å². The first kappa shape index (κ1) is 12.0. The summed E-state index contributed by atoms with van der Waals surface area (Å²) in [6.45, 7) is 0. The van der Waals surface area contributed by atoms with Gasteiger partial charge in [0.2, 0.25) is 0 Å². The van der Waals surface area contributed by atoms with Crippen LogP contribution in [-0.4, -0.2) is 19.3 Å². The van der Waals surface area contributed by atoms with Gasteiger partial charge >= 0.3 is 0 Å². The van der Waals surface area contributed by atoms with Crippen molar-refractivity contribution in [2.24, 2.45) is 0 Å². The van der Waals surface area contributed by atoms with Gasteiger partial charge in [-0.05, 0) is 30.4 Å². The van der Waals surface area contributed by atoms with E-state index in [1.807, 2.05) is 0 Å². The van der Waals surface area contributed by atoms with Gasteiger partial charge in [-0.3, -0.25) is 0 Å². The maximum Gasteiger partial charge on any atom is 0.0610 e. The average Bonchev–Trinajstić information content (AvgIpc) is 2.36. The summed E-state index contributed by atoms with van der Waals surface area (Å²) in [6, 6.07) is 13.3. The second-order valence-electron chi connectivity index (χ2n) is 4.81. The fraction of sp³-hybridized carbons (Fsp3) is 0.333. The lowest BCUT2D eigenvalue weighted by molar-refractivity contribution is 0.0329. The van der Waals surface area contributed by atoms with Crippen LogP contribution < -0.4 is 5.32 Å². The molecule has 3 heteroatoms. The van der Waals surface area contributed by atoms with Crippen molar-refractivity contribution < 1.29 is 4.74 Å². The van der Waals surface area contributed by atoms with E-state index in [2.05, 4.69) is 57.6 Å². The number of fused-ring (bicyclic) bond motifs is 1. The maximum atomic E-state index is 5.31. The molecule has 94 valence electrons. The Morgan fingerprint density at radius 1 is 1.11 bits per heavy atom. The van der Waals surface area contributed by atoms with Gasteiger partial charge in [-0.25, -0.2) is 0 Å². The number of rotatable bonds is 3. The van der Waals surface area contributed by atoms with Gasteiger partial charge in [-0.1, -0.05) is 40.2 Å². The number of hydrogen-bond acceptors (Lipinski definition) is 2. The number of methoxy groups -OCH3 is 1. The molecular formula is C15H16BrNO. The highest BCUT2D eigenvalue weighted by atomic mass is 79.9. The van der Waals surface area contributed by atoms with Crippen molar-refractivity contribution in [2.75, 3.05) is 12.4 Å². The number of halogens is 1. The SMILES string of the molecule is COC1CC(Nc2ccc(Br)c3ccccc23)C1. The Bertz CT molecular complexity index is 563. The number of nitrogens with one attached hydrogen (secondary N) is 1. The highest BCUT2D eigenvalue weighted by Gasteiger charge is 2.28. The summed E-state index contributed by atoms with van der Waals surface area (Å²) in [5.74, 6) is 0. The van der Waals surface area contributed by atoms with E-state index in [9.17, 15) is 0 Å². The third-order valence-electron chi connectivity index (χ3n) is 3.66. The first-order chi connectivity index (χ1) is 8.78. The summed E-state index contributed by atoms with van der Waals surface area (Å²) in [7, 11) is 1.79. The van der Waals surface area contributed by atoms with Crippen LogP contribution in [0.15, 0.2) is 40.9 Å². The third kappa shape index (κ3) is 2.13. The van der Waals surface area contributed by atoms with Crippen LogP contribution in [0.25, 0.3) is 10.8 Å². The molecule has 1 N–H and O–H groups in total. The molecule has 0 heterocycles. The van der Waals surface area contributed by atoms with E-state index in [-0.39, 0.29) is 0 Å². The summed E-state index contributed by atoms with van der Waals surface area (Å²) in [5, 5.41) is 6.14. The Morgan fingerprint density at radius 2 is 1.83 bits per heavy atom. The van der Waals surface area contributed by atoms with Crippen LogP contribution in [-0.2, 0) is 4.74 Å². The minimum Gasteiger partial charge on any atom is -0.382 e. The molecule has 0 bridgehead atoms. The van der Waals surface area contributed by atoms with Gasteiger partial charge in [-0.2, -0.15) is 0 Å². The smallest absolute Gasteiger partial charge is 0.0610 e. The maximum absolute atomic E-state index is 5.31. The first-order valence-electron chi connectivity index (χ1n) is 6.24. The quantitative estimate of drug-likeness (QED) is 0.918. The molecule has 1 fully saturated rings. The average molecular weight is 306 g/mol. The lowest BCUT2D eigenvalue weighted by Gasteiger charge is -2.35. The molecule has 2 aromatic rings. The Hall–Kier alpha value is -1.06. The molecule has 0 aromatic heterocycles. The minimum absolute atomic E-state index is 0.434. The largest absolute Gasteiger partial charge is 0.382 e. The third-order valence-corrected chi connectivity index (χ3v) is 4.35. The summed E-state index contributed by atoms with van der Waals surface area (Å²) in [5.41, 5.74) is 1.22. The fourth-order valence-corrected chi connectivity index (χ4v) is 2.96. The van der Waals surface area contributed by atoms with Crippen molar-refractivity contribution in [2.45, 2.75) is 25.0 Å². The van der Waals surface area contributed by atoms with E-state index >= 15 is 0 Å². The molecule has 0 unspecified atom stereocenters. The van der Waals surface area contributed by atoms with Crippen LogP contribution in [0, 0.1) is 0 Å². The zero-order valence-corrected chi connectivity index (χ0v) is 11.9. The Morgan fingerprint density at radius 3 is 2.56 bits per heavy atom. The van der Waals surface area contributed by atoms with Gasteiger partial charge in [0.05, 0.1) is 6.10 Å². The lowest BCUT2D eigenvalue weighted by Crippen LogP contribution is -2.40. The highest BCUT2D eigenvalue weighted by molar-refractivity contribution is 9.10. The predicted molar refractivity (Wildman–Crippen MR) is 79.1 cm³/mol. The van der Waals surface area contributed by atoms with Crippen LogP contribution in [0.5, 0.6) is 0 Å². The molecule has 18 heavy (non-hydrogen) atoms. The predicted octanol–water partition coefficient (Wildman–Crippen LogP) is 4.19. The molecule has 1 aliphatic carbocycles. The molecule has 2 nitrogen and oxygen atoms in total. The molecule has 0 atom stereocenters. The van der Waals surface area contributed by atoms with Crippen molar-refractivity contribution in [1.82, 2.24) is 0 Å². The van der Waals surface area contributed by atoms with Crippen molar-refractivity contribution >= 4 is 32.4 Å². The van der Waals surface area contributed by atoms with Crippen LogP contribution in [0.1, 0.15) is 12.8 Å². The van der Waals surface area contributed by atoms with E-state index < -0.39 is 0 Å². The normalized spacial score (nSPS) is 22.8. The molecule has 3 rings (SSSR count). The van der Waals surface area contributed by atoms with Crippen LogP contribution >= 0.6 is 15.9 Å². The van der Waals surface area contributed by atoms with Crippen molar-refractivity contribution in [3.63, 3.8) is 0 Å². The Labute approximate surface area is 115 Å². The van der Waals surface area contributed by atoms with Crippen LogP contribution in [0.4, 0.5) is 5.69 Å². The molecule has 2 aromatic carbocycles. The van der Waals surface area contributed by atoms with Crippen LogP contribution in [0.3, 0.4) is 0 Å². The highest BCUT2D eigenvalue weighted by Crippen LogP contribution is 2.33. The second-order valence-corrected chi connectivity index (χ2v) is 5.67. The number of benzene rings is 2. The molecule has 1 aliphatic rings. The number of ether oxygens (including phenoxy) is 1. The van der Waals surface area contributed by atoms with Crippen molar-refractivity contribution in [3.8, 4) is 0 Å². The zero-order valence-electron chi connectivity index (χ0n) is 10.3. The number of hydrogen-bond donors (Lipinski definition) is 1. The molecule has 0 radical (unpaired) electrons. The van der Waals surface area contributed by atoms with Gasteiger partial charge in [0.1, 0.15) is 0 Å². The van der Waals surface area contributed by atoms with Crippen molar-refractivity contribution in [1.29, 1.82) is 0 Å². The molecular weight excluding hydrogens is 290 g/mol. The summed E-state index contributed by atoms with van der Waals surface area (Å²) >= 11 is 3.60. The van der Waals surface area contributed by atoms with Crippen molar-refractivity contribution in [3.05, 3.63) is 40.9 Å². The molecule has 0 amide bonds. The monoisotopic (exact) mass is 305 g/mol. The van der Waals surface area contributed by atoms with Gasteiger partial charge in [0, 0.05) is 28.7 Å². The molecule has 0 aliphatic heterocycles. The standard InChI is InChI=1S/C15H16BrNO/c1-18-11-8-10(9-11)17-15-7-6-14(16)12-4-2-3-5-13(12)15/h2-7,10-11,17H,8-9H2,1H3. The van der Waals surface area contributed by atoms with Gasteiger partial charge in [0.15, 0.2) is 0 Å². The molecule has 0 saturated heterocycles. The summed E-state index contributed by atoms with van der Waals surface area (Å²) in [4.78, 5) is 0. The van der Waals surface area contributed by atoms with Crippen LogP contribution in [0.2, 0.25) is 0 Å². The second kappa shape index (κ2) is 4.90. The van der Waals surface area contributed by atoms with E-state index in [0.717, 1.165) is 17.3 Å². The van der Waals surface area contributed by atoms with E-state index in [4.69, 9.17) is 4.74 Å². The van der Waals surface area contributed by atoms with E-state index in [1.165, 1.54) is 16.5 Å². The minimum atomic E-state index is 0.434. The number of anilines is 1. The zero-order chi connectivity index (χ0) is 12.5. The fourth-order valence-electron chi connectivity index (χ4n) is 2.48. The van der Waals surface area contributed by atoms with Gasteiger partial charge in [0.25, 0.3) is 0 Å². The Kier molecular flexibility index (Phi) is 3.27. The summed E-state index contributed by atoms with van der Waals surface area (Å²) in [6.07, 6.45) is 2.63. The van der Waals surface area contributed by atoms with E-state index in [0.29, 0.717) is 12.1 Å². The Balaban J connectivity index is 1.87.